The molecule has 0 radical (unpaired) electrons. The number of nitrogens with zero attached hydrogens (tertiary/aromatic N) is 2. The number of carbonyl (C=O) groups excluding carboxylic acids is 1. The summed E-state index contributed by atoms with van der Waals surface area (Å²) >= 11 is 0. The van der Waals surface area contributed by atoms with Crippen molar-refractivity contribution < 1.29 is 14.6 Å². The van der Waals surface area contributed by atoms with Gasteiger partial charge in [0.05, 0.1) is 19.8 Å². The Hall–Kier alpha value is -1.66. The molecule has 1 unspecified atom stereocenters. The highest BCUT2D eigenvalue weighted by Crippen LogP contribution is 2.21. The van der Waals surface area contributed by atoms with Gasteiger partial charge in [-0.05, 0) is 6.07 Å². The van der Waals surface area contributed by atoms with Gasteiger partial charge in [-0.3, -0.25) is 4.79 Å². The van der Waals surface area contributed by atoms with Gasteiger partial charge in [0.1, 0.15) is 11.9 Å². The highest BCUT2D eigenvalue weighted by atomic mass is 16.5. The summed E-state index contributed by atoms with van der Waals surface area (Å²) < 4.78 is 5.34. The van der Waals surface area contributed by atoms with Crippen molar-refractivity contribution in [3.05, 3.63) is 23.9 Å². The SMILES string of the molecule is CNC(=O)C1COCCN1c1ncccc1CO. The number of likely N-dealkylation sites (N-methyl/N-ethyl adjacent to an activating group) is 1. The van der Waals surface area contributed by atoms with Crippen LogP contribution >= 0.6 is 0 Å². The molecule has 2 heterocycles. The van der Waals surface area contributed by atoms with Crippen LogP contribution in [0.5, 0.6) is 0 Å². The molecule has 0 saturated carbocycles. The number of amides is 1. The number of hydrogen-bond acceptors (Lipinski definition) is 5. The predicted molar refractivity (Wildman–Crippen MR) is 66.2 cm³/mol. The number of aromatic nitrogens is 1. The van der Waals surface area contributed by atoms with E-state index < -0.39 is 6.04 Å². The summed E-state index contributed by atoms with van der Waals surface area (Å²) in [7, 11) is 1.60. The first-order valence-corrected chi connectivity index (χ1v) is 5.88. The molecule has 0 aromatic carbocycles. The summed E-state index contributed by atoms with van der Waals surface area (Å²) in [6.07, 6.45) is 1.66. The lowest BCUT2D eigenvalue weighted by atomic mass is 10.1. The molecule has 1 fully saturated rings. The minimum Gasteiger partial charge on any atom is -0.392 e. The van der Waals surface area contributed by atoms with Crippen molar-refractivity contribution in [3.63, 3.8) is 0 Å². The molecule has 6 nitrogen and oxygen atoms in total. The molecule has 0 bridgehead atoms. The third kappa shape index (κ3) is 2.44. The Morgan fingerprint density at radius 3 is 3.28 bits per heavy atom. The van der Waals surface area contributed by atoms with Gasteiger partial charge in [0, 0.05) is 25.4 Å². The molecule has 98 valence electrons. The van der Waals surface area contributed by atoms with Crippen molar-refractivity contribution in [2.45, 2.75) is 12.6 Å². The molecule has 18 heavy (non-hydrogen) atoms. The van der Waals surface area contributed by atoms with Gasteiger partial charge in [0.2, 0.25) is 5.91 Å². The van der Waals surface area contributed by atoms with E-state index in [4.69, 9.17) is 4.74 Å². The second-order valence-corrected chi connectivity index (χ2v) is 4.04. The molecule has 2 rings (SSSR count). The third-order valence-corrected chi connectivity index (χ3v) is 2.99. The highest BCUT2D eigenvalue weighted by Gasteiger charge is 2.30. The molecular weight excluding hydrogens is 234 g/mol. The maximum absolute atomic E-state index is 11.8. The number of anilines is 1. The van der Waals surface area contributed by atoms with Crippen LogP contribution in [-0.2, 0) is 16.1 Å². The maximum atomic E-state index is 11.8. The van der Waals surface area contributed by atoms with E-state index in [-0.39, 0.29) is 12.5 Å². The molecule has 1 aromatic heterocycles. The van der Waals surface area contributed by atoms with Crippen LogP contribution in [0.3, 0.4) is 0 Å². The summed E-state index contributed by atoms with van der Waals surface area (Å²) in [6, 6.07) is 3.17. The monoisotopic (exact) mass is 251 g/mol. The van der Waals surface area contributed by atoms with Crippen LogP contribution in [0.15, 0.2) is 18.3 Å². The lowest BCUT2D eigenvalue weighted by Gasteiger charge is -2.36. The van der Waals surface area contributed by atoms with E-state index in [1.807, 2.05) is 4.90 Å². The fourth-order valence-corrected chi connectivity index (χ4v) is 2.05. The summed E-state index contributed by atoms with van der Waals surface area (Å²) in [5, 5.41) is 12.0. The Balaban J connectivity index is 2.30. The molecule has 1 amide bonds. The molecule has 6 heteroatoms. The summed E-state index contributed by atoms with van der Waals surface area (Å²) in [4.78, 5) is 18.0. The van der Waals surface area contributed by atoms with Crippen LogP contribution in [0.4, 0.5) is 5.82 Å². The third-order valence-electron chi connectivity index (χ3n) is 2.99. The summed E-state index contributed by atoms with van der Waals surface area (Å²) in [5.41, 5.74) is 0.716. The molecule has 1 aromatic rings. The topological polar surface area (TPSA) is 74.7 Å². The quantitative estimate of drug-likeness (QED) is 0.759. The first-order chi connectivity index (χ1) is 8.77. The zero-order valence-electron chi connectivity index (χ0n) is 10.3. The van der Waals surface area contributed by atoms with E-state index in [2.05, 4.69) is 10.3 Å². The number of nitrogens with one attached hydrogen (secondary N) is 1. The number of aliphatic hydroxyl groups excluding tert-OH is 1. The van der Waals surface area contributed by atoms with E-state index in [0.29, 0.717) is 31.1 Å². The lowest BCUT2D eigenvalue weighted by molar-refractivity contribution is -0.124. The molecule has 2 N–H and O–H groups in total. The Morgan fingerprint density at radius 2 is 2.56 bits per heavy atom. The normalized spacial score (nSPS) is 19.7. The minimum absolute atomic E-state index is 0.0962. The number of ether oxygens (including phenoxy) is 1. The molecule has 1 aliphatic rings. The largest absolute Gasteiger partial charge is 0.392 e. The van der Waals surface area contributed by atoms with Crippen molar-refractivity contribution in [2.24, 2.45) is 0 Å². The van der Waals surface area contributed by atoms with Gasteiger partial charge in [0.15, 0.2) is 0 Å². The zero-order chi connectivity index (χ0) is 13.0. The number of rotatable bonds is 3. The molecule has 0 spiro atoms. The number of aliphatic hydroxyl groups is 1. The number of hydrogen-bond donors (Lipinski definition) is 2. The Bertz CT molecular complexity index is 425. The van der Waals surface area contributed by atoms with Crippen molar-refractivity contribution in [2.75, 3.05) is 31.7 Å². The fourth-order valence-electron chi connectivity index (χ4n) is 2.05. The van der Waals surface area contributed by atoms with Gasteiger partial charge in [-0.15, -0.1) is 0 Å². The molecule has 1 aliphatic heterocycles. The number of morpholine rings is 1. The van der Waals surface area contributed by atoms with Gasteiger partial charge < -0.3 is 20.1 Å². The molecule has 1 saturated heterocycles. The second-order valence-electron chi connectivity index (χ2n) is 4.04. The van der Waals surface area contributed by atoms with Crippen LogP contribution in [0.2, 0.25) is 0 Å². The lowest BCUT2D eigenvalue weighted by Crippen LogP contribution is -2.54. The van der Waals surface area contributed by atoms with Crippen molar-refractivity contribution in [3.8, 4) is 0 Å². The smallest absolute Gasteiger partial charge is 0.244 e. The molecule has 0 aliphatic carbocycles. The van der Waals surface area contributed by atoms with Gasteiger partial charge in [-0.1, -0.05) is 6.07 Å². The first-order valence-electron chi connectivity index (χ1n) is 5.88. The summed E-state index contributed by atoms with van der Waals surface area (Å²) in [6.45, 7) is 1.37. The van der Waals surface area contributed by atoms with Crippen LogP contribution in [-0.4, -0.2) is 48.8 Å². The van der Waals surface area contributed by atoms with E-state index >= 15 is 0 Å². The zero-order valence-corrected chi connectivity index (χ0v) is 10.3. The van der Waals surface area contributed by atoms with Gasteiger partial charge in [0.25, 0.3) is 0 Å². The van der Waals surface area contributed by atoms with Gasteiger partial charge in [-0.2, -0.15) is 0 Å². The minimum atomic E-state index is -0.399. The predicted octanol–water partition coefficient (Wildman–Crippen LogP) is -0.475. The molecular formula is C12H17N3O3. The van der Waals surface area contributed by atoms with E-state index in [0.717, 1.165) is 0 Å². The first kappa shape index (κ1) is 12.8. The fraction of sp³-hybridized carbons (Fsp3) is 0.500. The molecule has 1 atom stereocenters. The Kier molecular flexibility index (Phi) is 4.11. The van der Waals surface area contributed by atoms with Crippen molar-refractivity contribution in [1.82, 2.24) is 10.3 Å². The van der Waals surface area contributed by atoms with Crippen molar-refractivity contribution in [1.29, 1.82) is 0 Å². The van der Waals surface area contributed by atoms with Crippen LogP contribution in [0.1, 0.15) is 5.56 Å². The average molecular weight is 251 g/mol. The van der Waals surface area contributed by atoms with Gasteiger partial charge >= 0.3 is 0 Å². The van der Waals surface area contributed by atoms with Crippen LogP contribution < -0.4 is 10.2 Å². The van der Waals surface area contributed by atoms with E-state index in [9.17, 15) is 9.90 Å². The number of pyridine rings is 1. The Labute approximate surface area is 106 Å². The Morgan fingerprint density at radius 1 is 1.72 bits per heavy atom. The van der Waals surface area contributed by atoms with E-state index in [1.165, 1.54) is 0 Å². The maximum Gasteiger partial charge on any atom is 0.244 e. The highest BCUT2D eigenvalue weighted by molar-refractivity contribution is 5.85. The van der Waals surface area contributed by atoms with E-state index in [1.54, 1.807) is 25.4 Å². The standard InChI is InChI=1S/C12H17N3O3/c1-13-12(17)10-8-18-6-5-15(10)11-9(7-16)3-2-4-14-11/h2-4,10,16H,5-8H2,1H3,(H,13,17). The van der Waals surface area contributed by atoms with Crippen LogP contribution in [0, 0.1) is 0 Å². The van der Waals surface area contributed by atoms with Crippen LogP contribution in [0.25, 0.3) is 0 Å². The number of carbonyl (C=O) groups is 1. The summed E-state index contributed by atoms with van der Waals surface area (Å²) in [5.74, 6) is 0.543. The second kappa shape index (κ2) is 5.79. The van der Waals surface area contributed by atoms with Crippen molar-refractivity contribution >= 4 is 11.7 Å². The average Bonchev–Trinajstić information content (AvgIpc) is 2.46. The van der Waals surface area contributed by atoms with Gasteiger partial charge in [-0.25, -0.2) is 4.98 Å².